The first-order valence-electron chi connectivity index (χ1n) is 6.08. The first-order valence-corrected chi connectivity index (χ1v) is 7.74. The van der Waals surface area contributed by atoms with Crippen LogP contribution in [-0.4, -0.2) is 30.5 Å². The molecule has 0 saturated heterocycles. The Balaban J connectivity index is 2.76. The molecule has 0 heterocycles. The van der Waals surface area contributed by atoms with Crippen LogP contribution in [0, 0.1) is 16.0 Å². The highest BCUT2D eigenvalue weighted by atomic mass is 32.2. The minimum atomic E-state index is -3.73. The summed E-state index contributed by atoms with van der Waals surface area (Å²) in [6.45, 7) is 2.87. The lowest BCUT2D eigenvalue weighted by Crippen LogP contribution is -2.40. The van der Waals surface area contributed by atoms with Gasteiger partial charge in [0.15, 0.2) is 0 Å². The molecule has 0 aliphatic carbocycles. The van der Waals surface area contributed by atoms with Crippen molar-refractivity contribution in [1.82, 2.24) is 4.72 Å². The summed E-state index contributed by atoms with van der Waals surface area (Å²) in [5.74, 6) is -2.33. The van der Waals surface area contributed by atoms with Crippen molar-refractivity contribution in [1.29, 1.82) is 0 Å². The summed E-state index contributed by atoms with van der Waals surface area (Å²) in [6.07, 6.45) is 0. The number of hydrogen-bond acceptors (Lipinski definition) is 5. The van der Waals surface area contributed by atoms with Crippen LogP contribution in [0.2, 0.25) is 0 Å². The fraction of sp³-hybridized carbons (Fsp3) is 0.417. The van der Waals surface area contributed by atoms with Gasteiger partial charge in [-0.15, -0.1) is 0 Å². The van der Waals surface area contributed by atoms with E-state index in [0.717, 1.165) is 0 Å². The van der Waals surface area contributed by atoms with Crippen LogP contribution in [0.5, 0.6) is 0 Å². The number of aliphatic carboxylic acids is 1. The van der Waals surface area contributed by atoms with Gasteiger partial charge < -0.3 is 5.11 Å². The monoisotopic (exact) mass is 316 g/mol. The Morgan fingerprint density at radius 3 is 2.29 bits per heavy atom. The van der Waals surface area contributed by atoms with Gasteiger partial charge in [0.2, 0.25) is 10.0 Å². The van der Waals surface area contributed by atoms with Crippen molar-refractivity contribution >= 4 is 21.7 Å². The normalized spacial score (nSPS) is 14.4. The van der Waals surface area contributed by atoms with E-state index in [0.29, 0.717) is 5.56 Å². The lowest BCUT2D eigenvalue weighted by Gasteiger charge is -2.17. The second kappa shape index (κ2) is 6.64. The number of carboxylic acid groups (broad SMARTS) is 1. The van der Waals surface area contributed by atoms with Gasteiger partial charge in [-0.25, -0.2) is 13.1 Å². The summed E-state index contributed by atoms with van der Waals surface area (Å²) in [4.78, 5) is 20.7. The van der Waals surface area contributed by atoms with E-state index in [4.69, 9.17) is 5.11 Å². The molecule has 0 spiro atoms. The van der Waals surface area contributed by atoms with Crippen LogP contribution in [0.25, 0.3) is 0 Å². The summed E-state index contributed by atoms with van der Waals surface area (Å²) in [5.41, 5.74) is 0.250. The summed E-state index contributed by atoms with van der Waals surface area (Å²) in [7, 11) is -3.73. The number of carboxylic acids is 1. The number of carbonyl (C=O) groups is 1. The third-order valence-electron chi connectivity index (χ3n) is 3.01. The van der Waals surface area contributed by atoms with Crippen LogP contribution in [-0.2, 0) is 20.6 Å². The molecule has 0 aliphatic heterocycles. The quantitative estimate of drug-likeness (QED) is 0.573. The number of nitro groups is 1. The lowest BCUT2D eigenvalue weighted by atomic mass is 10.1. The van der Waals surface area contributed by atoms with Crippen molar-refractivity contribution in [2.45, 2.75) is 25.6 Å². The van der Waals surface area contributed by atoms with Crippen LogP contribution >= 0.6 is 0 Å². The Kier molecular flexibility index (Phi) is 5.39. The van der Waals surface area contributed by atoms with Crippen molar-refractivity contribution in [2.24, 2.45) is 5.92 Å². The van der Waals surface area contributed by atoms with Gasteiger partial charge in [0.25, 0.3) is 5.69 Å². The Hall–Kier alpha value is -2.00. The van der Waals surface area contributed by atoms with Crippen molar-refractivity contribution in [3.63, 3.8) is 0 Å². The third kappa shape index (κ3) is 5.12. The number of benzene rings is 1. The molecule has 0 fully saturated rings. The second-order valence-electron chi connectivity index (χ2n) is 4.72. The molecule has 21 heavy (non-hydrogen) atoms. The van der Waals surface area contributed by atoms with Gasteiger partial charge in [0.1, 0.15) is 0 Å². The molecule has 1 aromatic carbocycles. The number of nitrogens with zero attached hydrogens (tertiary/aromatic N) is 1. The molecule has 0 amide bonds. The summed E-state index contributed by atoms with van der Waals surface area (Å²) in [6, 6.07) is 4.37. The zero-order chi connectivity index (χ0) is 16.2. The molecular formula is C12H16N2O6S. The highest BCUT2D eigenvalue weighted by molar-refractivity contribution is 7.88. The predicted molar refractivity (Wildman–Crippen MR) is 75.1 cm³/mol. The number of non-ortho nitro benzene ring substituents is 1. The van der Waals surface area contributed by atoms with Gasteiger partial charge in [0, 0.05) is 18.2 Å². The van der Waals surface area contributed by atoms with E-state index >= 15 is 0 Å². The Morgan fingerprint density at radius 2 is 1.86 bits per heavy atom. The molecule has 8 nitrogen and oxygen atoms in total. The third-order valence-corrected chi connectivity index (χ3v) is 4.45. The van der Waals surface area contributed by atoms with Gasteiger partial charge in [-0.2, -0.15) is 0 Å². The van der Waals surface area contributed by atoms with E-state index in [9.17, 15) is 23.3 Å². The van der Waals surface area contributed by atoms with Gasteiger partial charge in [-0.3, -0.25) is 14.9 Å². The molecular weight excluding hydrogens is 300 g/mol. The number of hydrogen-bond donors (Lipinski definition) is 2. The molecule has 0 aliphatic rings. The smallest absolute Gasteiger partial charge is 0.307 e. The topological polar surface area (TPSA) is 127 Å². The molecule has 1 aromatic rings. The van der Waals surface area contributed by atoms with Crippen LogP contribution < -0.4 is 4.72 Å². The minimum Gasteiger partial charge on any atom is -0.481 e. The van der Waals surface area contributed by atoms with E-state index in [-0.39, 0.29) is 11.4 Å². The molecule has 0 bridgehead atoms. The number of rotatable bonds is 7. The van der Waals surface area contributed by atoms with Crippen LogP contribution in [0.1, 0.15) is 19.4 Å². The summed E-state index contributed by atoms with van der Waals surface area (Å²) < 4.78 is 26.1. The van der Waals surface area contributed by atoms with E-state index in [2.05, 4.69) is 4.72 Å². The van der Waals surface area contributed by atoms with Gasteiger partial charge in [-0.1, -0.05) is 19.1 Å². The fourth-order valence-electron chi connectivity index (χ4n) is 1.57. The Bertz CT molecular complexity index is 626. The molecule has 2 unspecified atom stereocenters. The van der Waals surface area contributed by atoms with Gasteiger partial charge in [0.05, 0.1) is 16.6 Å². The molecule has 0 saturated carbocycles. The summed E-state index contributed by atoms with van der Waals surface area (Å²) in [5, 5.41) is 19.3. The van der Waals surface area contributed by atoms with E-state index in [1.165, 1.54) is 38.1 Å². The molecule has 0 aromatic heterocycles. The Labute approximate surface area is 122 Å². The zero-order valence-corrected chi connectivity index (χ0v) is 12.3. The van der Waals surface area contributed by atoms with Crippen molar-refractivity contribution in [3.05, 3.63) is 39.9 Å². The molecule has 116 valence electrons. The largest absolute Gasteiger partial charge is 0.481 e. The first-order chi connectivity index (χ1) is 9.62. The fourth-order valence-corrected chi connectivity index (χ4v) is 3.06. The number of nitro benzene ring substituents is 1. The van der Waals surface area contributed by atoms with Gasteiger partial charge in [-0.05, 0) is 12.5 Å². The van der Waals surface area contributed by atoms with E-state index < -0.39 is 32.9 Å². The first kappa shape index (κ1) is 17.1. The average molecular weight is 316 g/mol. The maximum absolute atomic E-state index is 11.9. The Morgan fingerprint density at radius 1 is 1.33 bits per heavy atom. The molecule has 9 heteroatoms. The molecule has 2 atom stereocenters. The standard InChI is InChI=1S/C12H16N2O6S/c1-8(12(15)16)9(2)13-21(19,20)7-10-3-5-11(6-4-10)14(17)18/h3-6,8-9,13H,7H2,1-2H3,(H,15,16). The predicted octanol–water partition coefficient (Wildman–Crippen LogP) is 1.12. The number of sulfonamides is 1. The van der Waals surface area contributed by atoms with Gasteiger partial charge >= 0.3 is 5.97 Å². The maximum atomic E-state index is 11.9. The van der Waals surface area contributed by atoms with Crippen LogP contribution in [0.4, 0.5) is 5.69 Å². The van der Waals surface area contributed by atoms with E-state index in [1.807, 2.05) is 0 Å². The van der Waals surface area contributed by atoms with Crippen molar-refractivity contribution in [2.75, 3.05) is 0 Å². The average Bonchev–Trinajstić information content (AvgIpc) is 2.37. The number of nitrogens with one attached hydrogen (secondary N) is 1. The van der Waals surface area contributed by atoms with E-state index in [1.54, 1.807) is 0 Å². The minimum absolute atomic E-state index is 0.128. The lowest BCUT2D eigenvalue weighted by molar-refractivity contribution is -0.384. The zero-order valence-electron chi connectivity index (χ0n) is 11.5. The molecule has 0 radical (unpaired) electrons. The second-order valence-corrected chi connectivity index (χ2v) is 6.47. The molecule has 2 N–H and O–H groups in total. The van der Waals surface area contributed by atoms with Crippen molar-refractivity contribution < 1.29 is 23.2 Å². The SMILES string of the molecule is CC(NS(=O)(=O)Cc1ccc([N+](=O)[O-])cc1)C(C)C(=O)O. The van der Waals surface area contributed by atoms with Crippen molar-refractivity contribution in [3.8, 4) is 0 Å². The molecule has 1 rings (SSSR count). The highest BCUT2D eigenvalue weighted by Gasteiger charge is 2.24. The summed E-state index contributed by atoms with van der Waals surface area (Å²) >= 11 is 0. The highest BCUT2D eigenvalue weighted by Crippen LogP contribution is 2.14. The van der Waals surface area contributed by atoms with Crippen LogP contribution in [0.15, 0.2) is 24.3 Å². The maximum Gasteiger partial charge on any atom is 0.307 e. The van der Waals surface area contributed by atoms with Crippen LogP contribution in [0.3, 0.4) is 0 Å².